The zero-order valence-electron chi connectivity index (χ0n) is 10.9. The predicted octanol–water partition coefficient (Wildman–Crippen LogP) is 3.75. The zero-order valence-corrected chi connectivity index (χ0v) is 12.5. The fourth-order valence-corrected chi connectivity index (χ4v) is 3.61. The van der Waals surface area contributed by atoms with Crippen LogP contribution in [0.3, 0.4) is 0 Å². The molecule has 3 rings (SSSR count). The summed E-state index contributed by atoms with van der Waals surface area (Å²) in [7, 11) is 0. The Morgan fingerprint density at radius 1 is 1.47 bits per heavy atom. The summed E-state index contributed by atoms with van der Waals surface area (Å²) in [5.74, 6) is 0.802. The molecule has 1 aromatic carbocycles. The number of benzene rings is 1. The topological polar surface area (TPSA) is 35.2 Å². The summed E-state index contributed by atoms with van der Waals surface area (Å²) >= 11 is 7.98. The number of thiophene rings is 1. The summed E-state index contributed by atoms with van der Waals surface area (Å²) in [6, 6.07) is 4.15. The fourth-order valence-electron chi connectivity index (χ4n) is 2.38. The number of aryl methyl sites for hydroxylation is 1. The molecular formula is C15H15ClNOS. The monoisotopic (exact) mass is 292 g/mol. The van der Waals surface area contributed by atoms with Gasteiger partial charge in [0.2, 0.25) is 0 Å². The molecule has 0 bridgehead atoms. The van der Waals surface area contributed by atoms with Crippen LogP contribution >= 0.6 is 22.9 Å². The van der Waals surface area contributed by atoms with Gasteiger partial charge in [0.25, 0.3) is 0 Å². The number of hydrogen-bond acceptors (Lipinski definition) is 3. The molecule has 0 amide bonds. The Hall–Kier alpha value is -1.03. The minimum absolute atomic E-state index is 0.0560. The summed E-state index contributed by atoms with van der Waals surface area (Å²) in [5.41, 5.74) is 10.4. The van der Waals surface area contributed by atoms with Crippen molar-refractivity contribution in [1.29, 1.82) is 0 Å². The molecule has 1 aliphatic rings. The number of hydrogen-bond donors (Lipinski definition) is 1. The Bertz CT molecular complexity index is 635. The predicted molar refractivity (Wildman–Crippen MR) is 80.2 cm³/mol. The van der Waals surface area contributed by atoms with Crippen molar-refractivity contribution in [1.82, 2.24) is 0 Å². The Kier molecular flexibility index (Phi) is 3.29. The van der Waals surface area contributed by atoms with Crippen molar-refractivity contribution in [3.05, 3.63) is 39.2 Å². The SMILES string of the molecule is Cc1[c]sc(-c2cc(Cl)c3c(c2)CC(CN)O3)c1C. The summed E-state index contributed by atoms with van der Waals surface area (Å²) < 4.78 is 5.75. The van der Waals surface area contributed by atoms with Crippen LogP contribution in [0.2, 0.25) is 5.02 Å². The first-order valence-electron chi connectivity index (χ1n) is 6.27. The second-order valence-corrected chi connectivity index (χ2v) is 6.13. The molecule has 1 aromatic heterocycles. The highest BCUT2D eigenvalue weighted by Gasteiger charge is 2.25. The van der Waals surface area contributed by atoms with Crippen LogP contribution in [-0.4, -0.2) is 12.6 Å². The van der Waals surface area contributed by atoms with Crippen molar-refractivity contribution < 1.29 is 4.74 Å². The Labute approximate surface area is 122 Å². The molecule has 2 heterocycles. The van der Waals surface area contributed by atoms with Crippen LogP contribution in [-0.2, 0) is 6.42 Å². The van der Waals surface area contributed by atoms with Crippen molar-refractivity contribution in [3.63, 3.8) is 0 Å². The Morgan fingerprint density at radius 2 is 2.26 bits per heavy atom. The van der Waals surface area contributed by atoms with Gasteiger partial charge in [0.1, 0.15) is 11.9 Å². The molecule has 1 aliphatic heterocycles. The molecule has 0 aliphatic carbocycles. The smallest absolute Gasteiger partial charge is 0.141 e. The second kappa shape index (κ2) is 4.82. The number of halogens is 1. The minimum atomic E-state index is 0.0560. The van der Waals surface area contributed by atoms with E-state index in [4.69, 9.17) is 22.1 Å². The normalized spacial score (nSPS) is 17.4. The van der Waals surface area contributed by atoms with E-state index in [1.807, 2.05) is 6.07 Å². The van der Waals surface area contributed by atoms with E-state index in [2.05, 4.69) is 25.3 Å². The summed E-state index contributed by atoms with van der Waals surface area (Å²) in [5, 5.41) is 3.96. The fraction of sp³-hybridized carbons (Fsp3) is 0.333. The molecule has 1 atom stereocenters. The molecule has 19 heavy (non-hydrogen) atoms. The van der Waals surface area contributed by atoms with Gasteiger partial charge in [-0.2, -0.15) is 0 Å². The van der Waals surface area contributed by atoms with Crippen molar-refractivity contribution in [3.8, 4) is 16.2 Å². The maximum atomic E-state index is 6.33. The highest BCUT2D eigenvalue weighted by Crippen LogP contribution is 2.41. The van der Waals surface area contributed by atoms with Gasteiger partial charge in [-0.3, -0.25) is 0 Å². The van der Waals surface area contributed by atoms with Crippen LogP contribution in [0.1, 0.15) is 16.7 Å². The van der Waals surface area contributed by atoms with E-state index in [0.717, 1.165) is 23.3 Å². The van der Waals surface area contributed by atoms with Crippen LogP contribution in [0.5, 0.6) is 5.75 Å². The van der Waals surface area contributed by atoms with Crippen LogP contribution in [0.15, 0.2) is 12.1 Å². The average Bonchev–Trinajstić information content (AvgIpc) is 2.95. The molecule has 0 fully saturated rings. The second-order valence-electron chi connectivity index (χ2n) is 4.91. The van der Waals surface area contributed by atoms with Gasteiger partial charge in [-0.15, -0.1) is 11.3 Å². The van der Waals surface area contributed by atoms with Crippen LogP contribution in [0.4, 0.5) is 0 Å². The highest BCUT2D eigenvalue weighted by atomic mass is 35.5. The van der Waals surface area contributed by atoms with E-state index in [0.29, 0.717) is 11.6 Å². The molecule has 0 spiro atoms. The van der Waals surface area contributed by atoms with Crippen molar-refractivity contribution in [2.24, 2.45) is 5.73 Å². The van der Waals surface area contributed by atoms with E-state index < -0.39 is 0 Å². The molecule has 1 radical (unpaired) electrons. The standard InChI is InChI=1S/C15H15ClNOS/c1-8-7-19-15(9(8)2)11-3-10-4-12(6-17)18-14(10)13(16)5-11/h3,5,12H,4,6,17H2,1-2H3. The largest absolute Gasteiger partial charge is 0.487 e. The first-order valence-corrected chi connectivity index (χ1v) is 7.46. The lowest BCUT2D eigenvalue weighted by Crippen LogP contribution is -2.24. The minimum Gasteiger partial charge on any atom is -0.487 e. The average molecular weight is 293 g/mol. The van der Waals surface area contributed by atoms with Gasteiger partial charge in [-0.25, -0.2) is 0 Å². The maximum Gasteiger partial charge on any atom is 0.141 e. The first-order chi connectivity index (χ1) is 9.10. The van der Waals surface area contributed by atoms with Crippen LogP contribution in [0.25, 0.3) is 10.4 Å². The number of ether oxygens (including phenoxy) is 1. The molecule has 0 saturated heterocycles. The van der Waals surface area contributed by atoms with E-state index >= 15 is 0 Å². The van der Waals surface area contributed by atoms with E-state index in [-0.39, 0.29) is 6.10 Å². The van der Waals surface area contributed by atoms with Crippen molar-refractivity contribution >= 4 is 22.9 Å². The quantitative estimate of drug-likeness (QED) is 0.915. The molecule has 2 N–H and O–H groups in total. The lowest BCUT2D eigenvalue weighted by atomic mass is 10.0. The van der Waals surface area contributed by atoms with Gasteiger partial charge in [-0.1, -0.05) is 11.6 Å². The lowest BCUT2D eigenvalue weighted by molar-refractivity contribution is 0.241. The van der Waals surface area contributed by atoms with Crippen molar-refractivity contribution in [2.45, 2.75) is 26.4 Å². The summed E-state index contributed by atoms with van der Waals surface area (Å²) in [6.07, 6.45) is 0.896. The molecule has 2 aromatic rings. The summed E-state index contributed by atoms with van der Waals surface area (Å²) in [6.45, 7) is 4.72. The maximum absolute atomic E-state index is 6.33. The van der Waals surface area contributed by atoms with Gasteiger partial charge in [-0.05, 0) is 42.7 Å². The lowest BCUT2D eigenvalue weighted by Gasteiger charge is -2.08. The third-order valence-corrected chi connectivity index (χ3v) is 5.02. The van der Waals surface area contributed by atoms with E-state index in [9.17, 15) is 0 Å². The van der Waals surface area contributed by atoms with Gasteiger partial charge in [0.15, 0.2) is 0 Å². The van der Waals surface area contributed by atoms with Gasteiger partial charge in [0, 0.05) is 28.8 Å². The summed E-state index contributed by atoms with van der Waals surface area (Å²) in [4.78, 5) is 1.23. The molecule has 99 valence electrons. The van der Waals surface area contributed by atoms with Gasteiger partial charge >= 0.3 is 0 Å². The van der Waals surface area contributed by atoms with Crippen LogP contribution in [0, 0.1) is 19.2 Å². The molecule has 1 unspecified atom stereocenters. The third kappa shape index (κ3) is 2.16. The van der Waals surface area contributed by atoms with Gasteiger partial charge in [0.05, 0.1) is 5.02 Å². The molecule has 0 saturated carbocycles. The zero-order chi connectivity index (χ0) is 13.6. The highest BCUT2D eigenvalue weighted by molar-refractivity contribution is 7.13. The molecular weight excluding hydrogens is 278 g/mol. The van der Waals surface area contributed by atoms with Crippen LogP contribution < -0.4 is 10.5 Å². The Morgan fingerprint density at radius 3 is 2.89 bits per heavy atom. The molecule has 4 heteroatoms. The number of nitrogens with two attached hydrogens (primary N) is 1. The molecule has 2 nitrogen and oxygen atoms in total. The first kappa shape index (κ1) is 13.0. The third-order valence-electron chi connectivity index (χ3n) is 3.59. The number of rotatable bonds is 2. The van der Waals surface area contributed by atoms with Crippen molar-refractivity contribution in [2.75, 3.05) is 6.54 Å². The Balaban J connectivity index is 2.07. The van der Waals surface area contributed by atoms with Gasteiger partial charge < -0.3 is 10.5 Å². The van der Waals surface area contributed by atoms with E-state index in [1.165, 1.54) is 16.0 Å². The van der Waals surface area contributed by atoms with E-state index in [1.54, 1.807) is 11.3 Å². The number of fused-ring (bicyclic) bond motifs is 1.